The Bertz CT molecular complexity index is 2480. The molecule has 9 aromatic rings. The third-order valence-electron chi connectivity index (χ3n) is 8.38. The van der Waals surface area contributed by atoms with Crippen LogP contribution in [0, 0.1) is 0 Å². The van der Waals surface area contributed by atoms with E-state index in [1.807, 2.05) is 35.1 Å². The van der Waals surface area contributed by atoms with Crippen molar-refractivity contribution in [3.8, 4) is 22.5 Å². The first-order valence-corrected chi connectivity index (χ1v) is 16.5. The maximum Gasteiger partial charge on any atom is 0.0887 e. The lowest BCUT2D eigenvalue weighted by Crippen LogP contribution is -2.10. The molecule has 45 heavy (non-hydrogen) atoms. The highest BCUT2D eigenvalue weighted by molar-refractivity contribution is 7.26. The molecule has 0 aliphatic heterocycles. The predicted molar refractivity (Wildman–Crippen MR) is 193 cm³/mol. The standard InChI is InChI=1S/C40H25N3S2/c1-2-9-27(10-3-1)43(28-19-22-39-34(23-28)32-12-5-6-15-37(32)44-39)29-18-21-36(42-25-29)35-20-17-26(24-41-35)30-13-8-14-33-31-11-4-7-16-38(31)45-40(30)33/h1-25H. The van der Waals surface area contributed by atoms with Gasteiger partial charge in [0.25, 0.3) is 0 Å². The summed E-state index contributed by atoms with van der Waals surface area (Å²) in [5, 5.41) is 5.17. The lowest BCUT2D eigenvalue weighted by molar-refractivity contribution is 1.21. The van der Waals surface area contributed by atoms with Crippen LogP contribution in [-0.4, -0.2) is 9.97 Å². The summed E-state index contributed by atoms with van der Waals surface area (Å²) in [6.07, 6.45) is 3.92. The zero-order valence-electron chi connectivity index (χ0n) is 24.1. The smallest absolute Gasteiger partial charge is 0.0887 e. The lowest BCUT2D eigenvalue weighted by Gasteiger charge is -2.25. The summed E-state index contributed by atoms with van der Waals surface area (Å²) in [5.74, 6) is 0. The van der Waals surface area contributed by atoms with Crippen LogP contribution in [0.5, 0.6) is 0 Å². The van der Waals surface area contributed by atoms with Crippen molar-refractivity contribution in [3.63, 3.8) is 0 Å². The minimum absolute atomic E-state index is 0.845. The molecule has 0 bridgehead atoms. The molecule has 0 spiro atoms. The Balaban J connectivity index is 1.07. The quantitative estimate of drug-likeness (QED) is 0.194. The second-order valence-corrected chi connectivity index (χ2v) is 13.2. The number of hydrogen-bond acceptors (Lipinski definition) is 5. The Morgan fingerprint density at radius 1 is 0.422 bits per heavy atom. The number of fused-ring (bicyclic) bond motifs is 6. The van der Waals surface area contributed by atoms with Crippen LogP contribution >= 0.6 is 22.7 Å². The number of pyridine rings is 2. The molecule has 5 heteroatoms. The molecule has 4 aromatic heterocycles. The second kappa shape index (κ2) is 10.7. The Hall–Kier alpha value is -5.36. The second-order valence-electron chi connectivity index (χ2n) is 11.1. The van der Waals surface area contributed by atoms with Crippen molar-refractivity contribution in [2.45, 2.75) is 0 Å². The highest BCUT2D eigenvalue weighted by atomic mass is 32.1. The maximum absolute atomic E-state index is 4.90. The molecule has 0 unspecified atom stereocenters. The normalized spacial score (nSPS) is 11.6. The number of rotatable bonds is 5. The van der Waals surface area contributed by atoms with Gasteiger partial charge < -0.3 is 4.90 Å². The van der Waals surface area contributed by atoms with E-state index in [2.05, 4.69) is 144 Å². The summed E-state index contributed by atoms with van der Waals surface area (Å²) in [6.45, 7) is 0. The van der Waals surface area contributed by atoms with Gasteiger partial charge in [-0.15, -0.1) is 22.7 Å². The van der Waals surface area contributed by atoms with Crippen LogP contribution in [0.4, 0.5) is 17.1 Å². The SMILES string of the molecule is c1ccc(N(c2ccc(-c3ccc(-c4cccc5c4sc4ccccc45)cn3)nc2)c2ccc3sc4ccccc4c3c2)cc1. The van der Waals surface area contributed by atoms with Crippen LogP contribution in [0.2, 0.25) is 0 Å². The first kappa shape index (κ1) is 26.1. The van der Waals surface area contributed by atoms with Crippen molar-refractivity contribution in [3.05, 3.63) is 152 Å². The number of para-hydroxylation sites is 1. The first-order valence-electron chi connectivity index (χ1n) is 14.9. The third kappa shape index (κ3) is 4.48. The van der Waals surface area contributed by atoms with E-state index in [-0.39, 0.29) is 0 Å². The highest BCUT2D eigenvalue weighted by Gasteiger charge is 2.16. The molecule has 5 aromatic carbocycles. The average molecular weight is 612 g/mol. The molecule has 0 fully saturated rings. The molecule has 0 saturated carbocycles. The van der Waals surface area contributed by atoms with E-state index in [1.54, 1.807) is 0 Å². The number of anilines is 3. The fourth-order valence-electron chi connectivity index (χ4n) is 6.23. The van der Waals surface area contributed by atoms with Gasteiger partial charge in [-0.05, 0) is 60.7 Å². The molecule has 212 valence electrons. The molecule has 4 heterocycles. The lowest BCUT2D eigenvalue weighted by atomic mass is 10.0. The van der Waals surface area contributed by atoms with Crippen molar-refractivity contribution in [2.75, 3.05) is 4.90 Å². The maximum atomic E-state index is 4.90. The van der Waals surface area contributed by atoms with Crippen molar-refractivity contribution in [2.24, 2.45) is 0 Å². The van der Waals surface area contributed by atoms with Gasteiger partial charge in [0.15, 0.2) is 0 Å². The third-order valence-corrected chi connectivity index (χ3v) is 10.8. The Morgan fingerprint density at radius 2 is 1.07 bits per heavy atom. The van der Waals surface area contributed by atoms with Gasteiger partial charge >= 0.3 is 0 Å². The Labute approximate surface area is 268 Å². The monoisotopic (exact) mass is 611 g/mol. The zero-order chi connectivity index (χ0) is 29.7. The van der Waals surface area contributed by atoms with E-state index in [1.165, 1.54) is 45.9 Å². The molecule has 0 radical (unpaired) electrons. The summed E-state index contributed by atoms with van der Waals surface area (Å²) in [5.41, 5.74) is 7.21. The van der Waals surface area contributed by atoms with E-state index in [0.29, 0.717) is 0 Å². The fourth-order valence-corrected chi connectivity index (χ4v) is 8.55. The fraction of sp³-hybridized carbons (Fsp3) is 0. The molecule has 0 amide bonds. The van der Waals surface area contributed by atoms with Gasteiger partial charge in [0.2, 0.25) is 0 Å². The van der Waals surface area contributed by atoms with Crippen LogP contribution in [0.3, 0.4) is 0 Å². The van der Waals surface area contributed by atoms with Crippen molar-refractivity contribution < 1.29 is 0 Å². The molecule has 0 aliphatic carbocycles. The summed E-state index contributed by atoms with van der Waals surface area (Å²) < 4.78 is 5.20. The van der Waals surface area contributed by atoms with Gasteiger partial charge in [-0.2, -0.15) is 0 Å². The van der Waals surface area contributed by atoms with Crippen LogP contribution in [0.25, 0.3) is 62.9 Å². The van der Waals surface area contributed by atoms with Gasteiger partial charge in [-0.1, -0.05) is 78.9 Å². The number of thiophene rings is 2. The van der Waals surface area contributed by atoms with Crippen LogP contribution in [0.1, 0.15) is 0 Å². The van der Waals surface area contributed by atoms with Gasteiger partial charge in [-0.25, -0.2) is 0 Å². The van der Waals surface area contributed by atoms with E-state index in [9.17, 15) is 0 Å². The van der Waals surface area contributed by atoms with E-state index in [4.69, 9.17) is 9.97 Å². The molecule has 0 saturated heterocycles. The molecule has 0 aliphatic rings. The molecular formula is C40H25N3S2. The van der Waals surface area contributed by atoms with Crippen LogP contribution < -0.4 is 4.90 Å². The van der Waals surface area contributed by atoms with Crippen LogP contribution in [-0.2, 0) is 0 Å². The van der Waals surface area contributed by atoms with Crippen molar-refractivity contribution >= 4 is 80.1 Å². The number of hydrogen-bond donors (Lipinski definition) is 0. The molecule has 3 nitrogen and oxygen atoms in total. The topological polar surface area (TPSA) is 29.0 Å². The van der Waals surface area contributed by atoms with Crippen LogP contribution in [0.15, 0.2) is 152 Å². The summed E-state index contributed by atoms with van der Waals surface area (Å²) in [7, 11) is 0. The van der Waals surface area contributed by atoms with E-state index >= 15 is 0 Å². The van der Waals surface area contributed by atoms with Gasteiger partial charge in [0.05, 0.1) is 23.3 Å². The molecular weight excluding hydrogens is 587 g/mol. The first-order chi connectivity index (χ1) is 22.3. The minimum atomic E-state index is 0.845. The average Bonchev–Trinajstić information content (AvgIpc) is 3.68. The summed E-state index contributed by atoms with van der Waals surface area (Å²) in [4.78, 5) is 12.0. The number of nitrogens with zero attached hydrogens (tertiary/aromatic N) is 3. The number of benzene rings is 5. The van der Waals surface area contributed by atoms with Crippen molar-refractivity contribution in [1.29, 1.82) is 0 Å². The number of aromatic nitrogens is 2. The van der Waals surface area contributed by atoms with Gasteiger partial charge in [0, 0.05) is 69.0 Å². The largest absolute Gasteiger partial charge is 0.309 e. The Morgan fingerprint density at radius 3 is 1.82 bits per heavy atom. The summed E-state index contributed by atoms with van der Waals surface area (Å²) in [6, 6.07) is 49.5. The highest BCUT2D eigenvalue weighted by Crippen LogP contribution is 2.42. The van der Waals surface area contributed by atoms with Gasteiger partial charge in [-0.3, -0.25) is 9.97 Å². The molecule has 0 N–H and O–H groups in total. The summed E-state index contributed by atoms with van der Waals surface area (Å²) >= 11 is 3.68. The molecule has 9 rings (SSSR count). The molecule has 0 atom stereocenters. The van der Waals surface area contributed by atoms with E-state index in [0.717, 1.165) is 34.0 Å². The minimum Gasteiger partial charge on any atom is -0.309 e. The Kier molecular flexibility index (Phi) is 6.18. The van der Waals surface area contributed by atoms with E-state index < -0.39 is 0 Å². The zero-order valence-corrected chi connectivity index (χ0v) is 25.7. The van der Waals surface area contributed by atoms with Crippen molar-refractivity contribution in [1.82, 2.24) is 9.97 Å². The van der Waals surface area contributed by atoms with Gasteiger partial charge in [0.1, 0.15) is 0 Å². The predicted octanol–water partition coefficient (Wildman–Crippen LogP) is 12.0.